The Morgan fingerprint density at radius 2 is 1.88 bits per heavy atom. The Bertz CT molecular complexity index is 460. The molecule has 0 bridgehead atoms. The van der Waals surface area contributed by atoms with Gasteiger partial charge < -0.3 is 0 Å². The van der Waals surface area contributed by atoms with E-state index in [2.05, 4.69) is 43.3 Å². The summed E-state index contributed by atoms with van der Waals surface area (Å²) < 4.78 is 0. The van der Waals surface area contributed by atoms with Crippen LogP contribution in [0.3, 0.4) is 0 Å². The Kier molecular flexibility index (Phi) is 3.63. The lowest BCUT2D eigenvalue weighted by Crippen LogP contribution is -1.93. The summed E-state index contributed by atoms with van der Waals surface area (Å²) in [6.45, 7) is 2.17. The Hall–Kier alpha value is -1.27. The van der Waals surface area contributed by atoms with Crippen LogP contribution in [0.5, 0.6) is 0 Å². The molecule has 0 aliphatic carbocycles. The molecule has 16 heavy (non-hydrogen) atoms. The van der Waals surface area contributed by atoms with Crippen molar-refractivity contribution in [2.24, 2.45) is 0 Å². The summed E-state index contributed by atoms with van der Waals surface area (Å²) in [7, 11) is 0. The van der Waals surface area contributed by atoms with Gasteiger partial charge in [-0.3, -0.25) is 0 Å². The number of hydrogen-bond acceptors (Lipinski definition) is 0. The quantitative estimate of drug-likeness (QED) is 0.682. The number of hydrogen-bond donors (Lipinski definition) is 0. The molecule has 0 unspecified atom stereocenters. The molecule has 81 valence electrons. The Morgan fingerprint density at radius 1 is 1.12 bits per heavy atom. The molecule has 0 N–H and O–H groups in total. The van der Waals surface area contributed by atoms with Crippen LogP contribution in [-0.2, 0) is 12.3 Å². The van der Waals surface area contributed by atoms with Gasteiger partial charge in [-0.2, -0.15) is 0 Å². The lowest BCUT2D eigenvalue weighted by Gasteiger charge is -2.11. The third kappa shape index (κ3) is 2.12. The molecular weight excluding hydrogens is 216 g/mol. The highest BCUT2D eigenvalue weighted by atomic mass is 35.5. The molecule has 0 saturated heterocycles. The van der Waals surface area contributed by atoms with Gasteiger partial charge in [0.2, 0.25) is 0 Å². The van der Waals surface area contributed by atoms with Gasteiger partial charge in [-0.15, -0.1) is 11.6 Å². The predicted molar refractivity (Wildman–Crippen MR) is 69.6 cm³/mol. The van der Waals surface area contributed by atoms with Crippen molar-refractivity contribution in [2.75, 3.05) is 0 Å². The van der Waals surface area contributed by atoms with Crippen LogP contribution in [0.4, 0.5) is 0 Å². The van der Waals surface area contributed by atoms with Gasteiger partial charge in [-0.1, -0.05) is 49.4 Å². The molecule has 0 spiro atoms. The highest BCUT2D eigenvalue weighted by molar-refractivity contribution is 6.17. The molecule has 2 aromatic rings. The van der Waals surface area contributed by atoms with Crippen LogP contribution < -0.4 is 0 Å². The van der Waals surface area contributed by atoms with Gasteiger partial charge in [0.15, 0.2) is 0 Å². The summed E-state index contributed by atoms with van der Waals surface area (Å²) in [6, 6.07) is 17.4. The second-order valence-electron chi connectivity index (χ2n) is 3.72. The van der Waals surface area contributed by atoms with E-state index in [9.17, 15) is 0 Å². The van der Waals surface area contributed by atoms with Crippen LogP contribution in [-0.4, -0.2) is 0 Å². The lowest BCUT2D eigenvalue weighted by molar-refractivity contribution is 1.10. The standard InChI is InChI=1S/C15H14Cl/c1-2-14-13(11-16)9-6-10-15(14)12-7-4-3-5-8-12/h4-10H,2,11H2,1H3. The van der Waals surface area contributed by atoms with Crippen molar-refractivity contribution in [1.82, 2.24) is 0 Å². The van der Waals surface area contributed by atoms with Crippen LogP contribution in [0.25, 0.3) is 11.1 Å². The van der Waals surface area contributed by atoms with Crippen LogP contribution >= 0.6 is 11.6 Å². The third-order valence-corrected chi connectivity index (χ3v) is 3.09. The molecule has 2 aromatic carbocycles. The van der Waals surface area contributed by atoms with Gasteiger partial charge >= 0.3 is 0 Å². The molecular formula is C15H14Cl. The molecule has 0 aliphatic heterocycles. The average Bonchev–Trinajstić information content (AvgIpc) is 2.38. The van der Waals surface area contributed by atoms with Crippen LogP contribution in [0.1, 0.15) is 18.1 Å². The van der Waals surface area contributed by atoms with Crippen molar-refractivity contribution < 1.29 is 0 Å². The van der Waals surface area contributed by atoms with Gasteiger partial charge in [-0.05, 0) is 34.7 Å². The summed E-state index contributed by atoms with van der Waals surface area (Å²) in [4.78, 5) is 0. The van der Waals surface area contributed by atoms with Crippen molar-refractivity contribution in [2.45, 2.75) is 19.2 Å². The number of benzene rings is 2. The molecule has 0 fully saturated rings. The minimum Gasteiger partial charge on any atom is -0.122 e. The zero-order chi connectivity index (χ0) is 11.4. The Morgan fingerprint density at radius 3 is 2.50 bits per heavy atom. The summed E-state index contributed by atoms with van der Waals surface area (Å²) in [5.41, 5.74) is 5.11. The Labute approximate surface area is 102 Å². The van der Waals surface area contributed by atoms with Gasteiger partial charge in [-0.25, -0.2) is 0 Å². The minimum absolute atomic E-state index is 0.579. The van der Waals surface area contributed by atoms with E-state index in [0.717, 1.165) is 6.42 Å². The second kappa shape index (κ2) is 5.18. The molecule has 0 aromatic heterocycles. The molecule has 1 heteroatoms. The van der Waals surface area contributed by atoms with Crippen LogP contribution in [0.15, 0.2) is 42.5 Å². The van der Waals surface area contributed by atoms with E-state index < -0.39 is 0 Å². The maximum atomic E-state index is 5.96. The molecule has 0 aliphatic rings. The minimum atomic E-state index is 0.579. The first-order chi connectivity index (χ1) is 7.86. The predicted octanol–water partition coefficient (Wildman–Crippen LogP) is 4.45. The molecule has 1 radical (unpaired) electrons. The second-order valence-corrected chi connectivity index (χ2v) is 3.99. The lowest BCUT2D eigenvalue weighted by atomic mass is 9.94. The monoisotopic (exact) mass is 229 g/mol. The van der Waals surface area contributed by atoms with Gasteiger partial charge in [0.1, 0.15) is 0 Å². The molecule has 0 atom stereocenters. The van der Waals surface area contributed by atoms with E-state index in [1.54, 1.807) is 0 Å². The fraction of sp³-hybridized carbons (Fsp3) is 0.200. The molecule has 0 saturated carbocycles. The van der Waals surface area contributed by atoms with Crippen molar-refractivity contribution >= 4 is 11.6 Å². The van der Waals surface area contributed by atoms with E-state index in [4.69, 9.17) is 11.6 Å². The third-order valence-electron chi connectivity index (χ3n) is 2.80. The fourth-order valence-electron chi connectivity index (χ4n) is 2.01. The number of rotatable bonds is 3. The van der Waals surface area contributed by atoms with E-state index >= 15 is 0 Å². The topological polar surface area (TPSA) is 0 Å². The zero-order valence-corrected chi connectivity index (χ0v) is 10.1. The normalized spacial score (nSPS) is 10.4. The number of halogens is 1. The molecule has 2 rings (SSSR count). The van der Waals surface area contributed by atoms with Gasteiger partial charge in [0, 0.05) is 5.88 Å². The SMILES string of the molecule is CCc1c(CCl)cccc1-c1cc[c]cc1. The van der Waals surface area contributed by atoms with E-state index in [-0.39, 0.29) is 0 Å². The zero-order valence-electron chi connectivity index (χ0n) is 9.33. The van der Waals surface area contributed by atoms with Gasteiger partial charge in [0.25, 0.3) is 0 Å². The van der Waals surface area contributed by atoms with E-state index in [1.165, 1.54) is 22.3 Å². The largest absolute Gasteiger partial charge is 0.122 e. The maximum absolute atomic E-state index is 5.96. The van der Waals surface area contributed by atoms with Crippen LogP contribution in [0.2, 0.25) is 0 Å². The van der Waals surface area contributed by atoms with Gasteiger partial charge in [0.05, 0.1) is 0 Å². The fourth-order valence-corrected chi connectivity index (χ4v) is 2.26. The maximum Gasteiger partial charge on any atom is 0.0477 e. The van der Waals surface area contributed by atoms with Crippen molar-refractivity contribution in [3.63, 3.8) is 0 Å². The molecule has 0 heterocycles. The summed E-state index contributed by atoms with van der Waals surface area (Å²) in [5, 5.41) is 0. The van der Waals surface area contributed by atoms with E-state index in [0.29, 0.717) is 5.88 Å². The highest BCUT2D eigenvalue weighted by Crippen LogP contribution is 2.27. The smallest absolute Gasteiger partial charge is 0.0477 e. The first-order valence-electron chi connectivity index (χ1n) is 5.50. The van der Waals surface area contributed by atoms with Crippen molar-refractivity contribution in [1.29, 1.82) is 0 Å². The van der Waals surface area contributed by atoms with Crippen molar-refractivity contribution in [3.05, 3.63) is 59.7 Å². The number of alkyl halides is 1. The highest BCUT2D eigenvalue weighted by Gasteiger charge is 2.07. The summed E-state index contributed by atoms with van der Waals surface area (Å²) >= 11 is 5.96. The Balaban J connectivity index is 2.57. The summed E-state index contributed by atoms with van der Waals surface area (Å²) in [5.74, 6) is 0.579. The first-order valence-corrected chi connectivity index (χ1v) is 6.03. The van der Waals surface area contributed by atoms with E-state index in [1.807, 2.05) is 12.1 Å². The summed E-state index contributed by atoms with van der Waals surface area (Å²) in [6.07, 6.45) is 1.01. The molecule has 0 amide bonds. The van der Waals surface area contributed by atoms with Crippen molar-refractivity contribution in [3.8, 4) is 11.1 Å². The average molecular weight is 230 g/mol. The molecule has 0 nitrogen and oxygen atoms in total. The van der Waals surface area contributed by atoms with Crippen LogP contribution in [0, 0.1) is 6.07 Å². The first kappa shape index (κ1) is 11.2.